The van der Waals surface area contributed by atoms with Gasteiger partial charge < -0.3 is 14.8 Å². The highest BCUT2D eigenvalue weighted by Crippen LogP contribution is 2.28. The molecule has 29 heavy (non-hydrogen) atoms. The zero-order valence-electron chi connectivity index (χ0n) is 16.3. The third kappa shape index (κ3) is 3.83. The Labute approximate surface area is 167 Å². The van der Waals surface area contributed by atoms with Gasteiger partial charge in [0.05, 0.1) is 24.6 Å². The summed E-state index contributed by atoms with van der Waals surface area (Å²) in [5, 5.41) is 3.96. The molecular formula is C21H22FN5O2. The van der Waals surface area contributed by atoms with Crippen molar-refractivity contribution in [2.75, 3.05) is 11.9 Å². The molecule has 8 heteroatoms. The Morgan fingerprint density at radius 3 is 2.66 bits per heavy atom. The summed E-state index contributed by atoms with van der Waals surface area (Å²) < 4.78 is 15.4. The van der Waals surface area contributed by atoms with Gasteiger partial charge in [-0.3, -0.25) is 9.59 Å². The number of aromatic nitrogens is 3. The van der Waals surface area contributed by atoms with Crippen LogP contribution in [-0.2, 0) is 11.3 Å². The van der Waals surface area contributed by atoms with E-state index in [1.54, 1.807) is 28.1 Å². The number of Topliss-reactive ketones (excluding diaryl/α,β-unsaturated/α-hetero) is 1. The van der Waals surface area contributed by atoms with E-state index in [0.717, 1.165) is 22.3 Å². The number of alkyl halides is 1. The molecule has 150 valence electrons. The molecule has 1 N–H and O–H groups in total. The lowest BCUT2D eigenvalue weighted by Gasteiger charge is -2.21. The Hall–Kier alpha value is -3.29. The van der Waals surface area contributed by atoms with Gasteiger partial charge in [0.1, 0.15) is 19.0 Å². The molecule has 0 aliphatic carbocycles. The van der Waals surface area contributed by atoms with Crippen molar-refractivity contribution >= 4 is 34.0 Å². The summed E-state index contributed by atoms with van der Waals surface area (Å²) in [5.41, 5.74) is 2.84. The highest BCUT2D eigenvalue weighted by atomic mass is 19.1. The molecule has 7 nitrogen and oxygen atoms in total. The topological polar surface area (TPSA) is 80.1 Å². The maximum Gasteiger partial charge on any atom is 0.242 e. The van der Waals surface area contributed by atoms with Crippen LogP contribution in [0.5, 0.6) is 0 Å². The number of rotatable bonds is 5. The van der Waals surface area contributed by atoms with Gasteiger partial charge in [-0.05, 0) is 32.0 Å². The van der Waals surface area contributed by atoms with Crippen molar-refractivity contribution in [1.82, 2.24) is 19.4 Å². The normalized spacial score (nSPS) is 18.9. The van der Waals surface area contributed by atoms with Gasteiger partial charge in [0.15, 0.2) is 5.78 Å². The Kier molecular flexibility index (Phi) is 5.00. The summed E-state index contributed by atoms with van der Waals surface area (Å²) >= 11 is 0. The van der Waals surface area contributed by atoms with Gasteiger partial charge in [-0.2, -0.15) is 0 Å². The van der Waals surface area contributed by atoms with E-state index in [1.807, 2.05) is 25.1 Å². The van der Waals surface area contributed by atoms with E-state index in [1.165, 1.54) is 13.3 Å². The molecule has 1 fully saturated rings. The largest absolute Gasteiger partial charge is 0.353 e. The van der Waals surface area contributed by atoms with Gasteiger partial charge in [-0.1, -0.05) is 0 Å². The summed E-state index contributed by atoms with van der Waals surface area (Å²) in [6.07, 6.45) is 5.86. The van der Waals surface area contributed by atoms with E-state index in [9.17, 15) is 14.0 Å². The Balaban J connectivity index is 1.65. The molecule has 1 amide bonds. The molecule has 0 spiro atoms. The number of carbonyl (C=O) groups excluding carboxylic acids is 2. The van der Waals surface area contributed by atoms with Crippen molar-refractivity contribution < 1.29 is 14.0 Å². The summed E-state index contributed by atoms with van der Waals surface area (Å²) in [6.45, 7) is 3.56. The van der Waals surface area contributed by atoms with Crippen LogP contribution in [0.25, 0.3) is 10.9 Å². The second-order valence-electron chi connectivity index (χ2n) is 7.44. The fraction of sp³-hybridized carbons (Fsp3) is 0.333. The van der Waals surface area contributed by atoms with Crippen LogP contribution in [0.1, 0.15) is 30.6 Å². The van der Waals surface area contributed by atoms with E-state index in [-0.39, 0.29) is 30.8 Å². The van der Waals surface area contributed by atoms with Crippen LogP contribution in [0.2, 0.25) is 0 Å². The number of amides is 1. The monoisotopic (exact) mass is 395 g/mol. The molecule has 0 radical (unpaired) electrons. The van der Waals surface area contributed by atoms with Gasteiger partial charge in [0.2, 0.25) is 5.91 Å². The Morgan fingerprint density at radius 1 is 1.24 bits per heavy atom. The van der Waals surface area contributed by atoms with Crippen LogP contribution in [0, 0.1) is 0 Å². The molecule has 3 heterocycles. The van der Waals surface area contributed by atoms with Crippen LogP contribution in [-0.4, -0.2) is 49.9 Å². The molecular weight excluding hydrogens is 373 g/mol. The van der Waals surface area contributed by atoms with Crippen LogP contribution in [0.3, 0.4) is 0 Å². The number of halogens is 1. The highest BCUT2D eigenvalue weighted by Gasteiger charge is 2.32. The van der Waals surface area contributed by atoms with E-state index in [0.29, 0.717) is 12.0 Å². The first kappa shape index (κ1) is 19.0. The van der Waals surface area contributed by atoms with E-state index >= 15 is 0 Å². The molecule has 4 rings (SSSR count). The van der Waals surface area contributed by atoms with E-state index in [2.05, 4.69) is 15.3 Å². The maximum absolute atomic E-state index is 13.6. The fourth-order valence-corrected chi connectivity index (χ4v) is 3.87. The smallest absolute Gasteiger partial charge is 0.242 e. The van der Waals surface area contributed by atoms with Gasteiger partial charge in [0.25, 0.3) is 0 Å². The predicted molar refractivity (Wildman–Crippen MR) is 108 cm³/mol. The zero-order valence-corrected chi connectivity index (χ0v) is 16.3. The summed E-state index contributed by atoms with van der Waals surface area (Å²) in [5.74, 6) is -0.229. The molecule has 1 saturated heterocycles. The minimum absolute atomic E-state index is 0.0696. The first-order chi connectivity index (χ1) is 13.9. The van der Waals surface area contributed by atoms with Gasteiger partial charge in [0, 0.05) is 40.8 Å². The number of hydrogen-bond acceptors (Lipinski definition) is 5. The number of nitrogens with zero attached hydrogens (tertiary/aromatic N) is 4. The van der Waals surface area contributed by atoms with Gasteiger partial charge in [-0.25, -0.2) is 14.4 Å². The number of likely N-dealkylation sites (tertiary alicyclic amines) is 1. The molecule has 1 aliphatic rings. The second kappa shape index (κ2) is 7.62. The quantitative estimate of drug-likeness (QED) is 0.670. The molecule has 3 aromatic rings. The summed E-state index contributed by atoms with van der Waals surface area (Å²) in [7, 11) is 0. The molecule has 1 aromatic carbocycles. The Morgan fingerprint density at radius 2 is 2.00 bits per heavy atom. The van der Waals surface area contributed by atoms with Gasteiger partial charge >= 0.3 is 0 Å². The number of ketones is 1. The lowest BCUT2D eigenvalue weighted by Crippen LogP contribution is -2.36. The van der Waals surface area contributed by atoms with E-state index in [4.69, 9.17) is 0 Å². The first-order valence-electron chi connectivity index (χ1n) is 9.52. The minimum atomic E-state index is -0.973. The van der Waals surface area contributed by atoms with Crippen LogP contribution in [0.4, 0.5) is 15.8 Å². The number of fused-ring (bicyclic) bond motifs is 1. The van der Waals surface area contributed by atoms with E-state index < -0.39 is 6.17 Å². The SMILES string of the molecule is CC(=O)c1cn(CC(=O)N2CC(F)CC2C)c2ccc(Nc3cncnc3)cc12. The van der Waals surface area contributed by atoms with Crippen molar-refractivity contribution in [3.8, 4) is 0 Å². The third-order valence-corrected chi connectivity index (χ3v) is 5.26. The maximum atomic E-state index is 13.6. The standard InChI is InChI=1S/C21H22FN5O2/c1-13-5-15(22)9-27(13)21(29)11-26-10-19(14(2)28)18-6-16(3-4-20(18)26)25-17-7-23-12-24-8-17/h3-4,6-8,10,12-13,15,25H,5,9,11H2,1-2H3. The molecule has 2 atom stereocenters. The lowest BCUT2D eigenvalue weighted by atomic mass is 10.1. The average Bonchev–Trinajstić information content (AvgIpc) is 3.22. The molecule has 2 unspecified atom stereocenters. The molecule has 0 saturated carbocycles. The minimum Gasteiger partial charge on any atom is -0.353 e. The number of benzene rings is 1. The molecule has 0 bridgehead atoms. The summed E-state index contributed by atoms with van der Waals surface area (Å²) in [6, 6.07) is 5.49. The Bertz CT molecular complexity index is 1070. The van der Waals surface area contributed by atoms with Crippen LogP contribution >= 0.6 is 0 Å². The summed E-state index contributed by atoms with van der Waals surface area (Å²) in [4.78, 5) is 34.4. The van der Waals surface area contributed by atoms with Crippen molar-refractivity contribution in [2.45, 2.75) is 39.0 Å². The van der Waals surface area contributed by atoms with Crippen LogP contribution < -0.4 is 5.32 Å². The second-order valence-corrected chi connectivity index (χ2v) is 7.44. The first-order valence-corrected chi connectivity index (χ1v) is 9.52. The molecule has 1 aliphatic heterocycles. The van der Waals surface area contributed by atoms with Gasteiger partial charge in [-0.15, -0.1) is 0 Å². The average molecular weight is 395 g/mol. The zero-order chi connectivity index (χ0) is 20.5. The number of hydrogen-bond donors (Lipinski definition) is 1. The van der Waals surface area contributed by atoms with Crippen molar-refractivity contribution in [3.63, 3.8) is 0 Å². The lowest BCUT2D eigenvalue weighted by molar-refractivity contribution is -0.132. The number of anilines is 2. The highest BCUT2D eigenvalue weighted by molar-refractivity contribution is 6.08. The van der Waals surface area contributed by atoms with Crippen molar-refractivity contribution in [3.05, 3.63) is 48.7 Å². The number of carbonyl (C=O) groups is 2. The van der Waals surface area contributed by atoms with Crippen molar-refractivity contribution in [2.24, 2.45) is 0 Å². The third-order valence-electron chi connectivity index (χ3n) is 5.26. The molecule has 2 aromatic heterocycles. The number of nitrogens with one attached hydrogen (secondary N) is 1. The fourth-order valence-electron chi connectivity index (χ4n) is 3.87. The predicted octanol–water partition coefficient (Wildman–Crippen LogP) is 3.34. The van der Waals surface area contributed by atoms with Crippen molar-refractivity contribution in [1.29, 1.82) is 0 Å². The van der Waals surface area contributed by atoms with Crippen LogP contribution in [0.15, 0.2) is 43.1 Å².